The Balaban J connectivity index is 3.11. The Morgan fingerprint density at radius 1 is 1.06 bits per heavy atom. The van der Waals surface area contributed by atoms with E-state index in [0.29, 0.717) is 0 Å². The number of aryl methyl sites for hydroxylation is 1. The average Bonchev–Trinajstić information content (AvgIpc) is 2.20. The Bertz CT molecular complexity index is 365. The van der Waals surface area contributed by atoms with Gasteiger partial charge in [-0.3, -0.25) is 9.90 Å². The standard InChI is InChI=1S/C14H25NOSi/c1-12-8-10-13(11-9-12)15(16-4)14(2,3)17(5,6)7/h8-11H,1-7H3. The van der Waals surface area contributed by atoms with Crippen LogP contribution < -0.4 is 5.06 Å². The average molecular weight is 251 g/mol. The van der Waals surface area contributed by atoms with Crippen LogP contribution in [0.5, 0.6) is 0 Å². The van der Waals surface area contributed by atoms with Crippen LogP contribution in [-0.4, -0.2) is 20.3 Å². The molecule has 0 aliphatic rings. The Hall–Kier alpha value is -0.803. The highest BCUT2D eigenvalue weighted by atomic mass is 28.3. The molecule has 1 aromatic rings. The molecule has 0 bridgehead atoms. The van der Waals surface area contributed by atoms with Gasteiger partial charge in [-0.15, -0.1) is 0 Å². The van der Waals surface area contributed by atoms with E-state index >= 15 is 0 Å². The monoisotopic (exact) mass is 251 g/mol. The lowest BCUT2D eigenvalue weighted by Crippen LogP contribution is -2.59. The van der Waals surface area contributed by atoms with Crippen molar-refractivity contribution in [2.75, 3.05) is 12.2 Å². The largest absolute Gasteiger partial charge is 0.277 e. The number of anilines is 1. The third-order valence-corrected chi connectivity index (χ3v) is 7.67. The first-order valence-electron chi connectivity index (χ1n) is 6.11. The van der Waals surface area contributed by atoms with Crippen LogP contribution in [0.2, 0.25) is 19.6 Å². The van der Waals surface area contributed by atoms with Crippen LogP contribution in [0.25, 0.3) is 0 Å². The molecule has 17 heavy (non-hydrogen) atoms. The topological polar surface area (TPSA) is 12.5 Å². The highest BCUT2D eigenvalue weighted by Crippen LogP contribution is 2.31. The van der Waals surface area contributed by atoms with Crippen molar-refractivity contribution >= 4 is 13.8 Å². The Morgan fingerprint density at radius 2 is 1.53 bits per heavy atom. The highest BCUT2D eigenvalue weighted by molar-refractivity contribution is 6.79. The second-order valence-electron chi connectivity index (χ2n) is 6.12. The number of hydrogen-bond donors (Lipinski definition) is 0. The molecule has 0 fully saturated rings. The first-order valence-corrected chi connectivity index (χ1v) is 9.61. The quantitative estimate of drug-likeness (QED) is 0.592. The van der Waals surface area contributed by atoms with Gasteiger partial charge in [0.1, 0.15) is 0 Å². The summed E-state index contributed by atoms with van der Waals surface area (Å²) in [6.45, 7) is 13.7. The van der Waals surface area contributed by atoms with Crippen LogP contribution in [0, 0.1) is 6.92 Å². The van der Waals surface area contributed by atoms with Crippen molar-refractivity contribution in [1.29, 1.82) is 0 Å². The Kier molecular flexibility index (Phi) is 4.05. The zero-order chi connectivity index (χ0) is 13.3. The fraction of sp³-hybridized carbons (Fsp3) is 0.571. The van der Waals surface area contributed by atoms with Gasteiger partial charge >= 0.3 is 0 Å². The van der Waals surface area contributed by atoms with E-state index in [-0.39, 0.29) is 5.16 Å². The van der Waals surface area contributed by atoms with Gasteiger partial charge in [-0.2, -0.15) is 0 Å². The van der Waals surface area contributed by atoms with Crippen molar-refractivity contribution in [3.05, 3.63) is 29.8 Å². The summed E-state index contributed by atoms with van der Waals surface area (Å²) >= 11 is 0. The molecule has 96 valence electrons. The van der Waals surface area contributed by atoms with E-state index in [2.05, 4.69) is 69.7 Å². The third-order valence-electron chi connectivity index (χ3n) is 3.79. The van der Waals surface area contributed by atoms with Gasteiger partial charge in [0.2, 0.25) is 0 Å². The molecule has 0 saturated carbocycles. The van der Waals surface area contributed by atoms with Gasteiger partial charge in [0.25, 0.3) is 0 Å². The molecular formula is C14H25NOSi. The zero-order valence-corrected chi connectivity index (χ0v) is 13.2. The molecule has 0 radical (unpaired) electrons. The predicted molar refractivity (Wildman–Crippen MR) is 78.1 cm³/mol. The summed E-state index contributed by atoms with van der Waals surface area (Å²) in [6, 6.07) is 8.50. The molecule has 0 heterocycles. The van der Waals surface area contributed by atoms with E-state index in [0.717, 1.165) is 5.69 Å². The molecule has 0 N–H and O–H groups in total. The molecule has 0 saturated heterocycles. The van der Waals surface area contributed by atoms with Crippen molar-refractivity contribution in [1.82, 2.24) is 0 Å². The summed E-state index contributed by atoms with van der Waals surface area (Å²) in [7, 11) is 0.387. The van der Waals surface area contributed by atoms with Gasteiger partial charge < -0.3 is 0 Å². The van der Waals surface area contributed by atoms with Crippen molar-refractivity contribution in [2.24, 2.45) is 0 Å². The van der Waals surface area contributed by atoms with Crippen LogP contribution in [0.15, 0.2) is 24.3 Å². The molecule has 0 atom stereocenters. The highest BCUT2D eigenvalue weighted by Gasteiger charge is 2.40. The van der Waals surface area contributed by atoms with E-state index in [4.69, 9.17) is 4.84 Å². The van der Waals surface area contributed by atoms with Crippen LogP contribution in [0.1, 0.15) is 19.4 Å². The predicted octanol–water partition coefficient (Wildman–Crippen LogP) is 4.02. The van der Waals surface area contributed by atoms with E-state index in [1.54, 1.807) is 7.11 Å². The SMILES string of the molecule is CON(c1ccc(C)cc1)C(C)(C)[Si](C)(C)C. The maximum atomic E-state index is 5.64. The van der Waals surface area contributed by atoms with Crippen molar-refractivity contribution in [3.63, 3.8) is 0 Å². The maximum Gasteiger partial charge on any atom is 0.0770 e. The molecule has 0 aliphatic heterocycles. The Morgan fingerprint density at radius 3 is 1.88 bits per heavy atom. The first kappa shape index (κ1) is 14.3. The van der Waals surface area contributed by atoms with Gasteiger partial charge in [-0.05, 0) is 32.9 Å². The molecule has 0 aliphatic carbocycles. The number of hydrogen-bond acceptors (Lipinski definition) is 2. The molecule has 3 heteroatoms. The minimum absolute atomic E-state index is 0.0526. The summed E-state index contributed by atoms with van der Waals surface area (Å²) in [6.07, 6.45) is 0. The number of hydroxylamine groups is 1. The molecule has 0 amide bonds. The fourth-order valence-corrected chi connectivity index (χ4v) is 2.47. The lowest BCUT2D eigenvalue weighted by Gasteiger charge is -2.46. The second-order valence-corrected chi connectivity index (χ2v) is 11.8. The van der Waals surface area contributed by atoms with Gasteiger partial charge in [0.05, 0.1) is 26.0 Å². The van der Waals surface area contributed by atoms with Crippen molar-refractivity contribution in [2.45, 2.75) is 45.6 Å². The normalized spacial score (nSPS) is 12.6. The fourth-order valence-electron chi connectivity index (χ4n) is 1.64. The molecule has 0 unspecified atom stereocenters. The van der Waals surface area contributed by atoms with Crippen LogP contribution in [0.3, 0.4) is 0 Å². The van der Waals surface area contributed by atoms with E-state index in [1.807, 2.05) is 0 Å². The summed E-state index contributed by atoms with van der Waals surface area (Å²) in [5.41, 5.74) is 2.40. The van der Waals surface area contributed by atoms with Gasteiger partial charge in [-0.25, -0.2) is 0 Å². The maximum absolute atomic E-state index is 5.64. The van der Waals surface area contributed by atoms with Crippen LogP contribution in [0.4, 0.5) is 5.69 Å². The molecular weight excluding hydrogens is 226 g/mol. The summed E-state index contributed by atoms with van der Waals surface area (Å²) < 4.78 is 0. The molecule has 1 rings (SSSR count). The van der Waals surface area contributed by atoms with Gasteiger partial charge in [0, 0.05) is 0 Å². The smallest absolute Gasteiger partial charge is 0.0770 e. The number of rotatable bonds is 4. The zero-order valence-electron chi connectivity index (χ0n) is 12.2. The first-order chi connectivity index (χ1) is 7.70. The third kappa shape index (κ3) is 2.90. The molecule has 0 aromatic heterocycles. The van der Waals surface area contributed by atoms with E-state index < -0.39 is 8.07 Å². The molecule has 1 aromatic carbocycles. The van der Waals surface area contributed by atoms with Crippen LogP contribution in [-0.2, 0) is 4.84 Å². The number of nitrogens with zero attached hydrogens (tertiary/aromatic N) is 1. The van der Waals surface area contributed by atoms with Crippen molar-refractivity contribution in [3.8, 4) is 0 Å². The minimum atomic E-state index is -1.36. The molecule has 0 spiro atoms. The van der Waals surface area contributed by atoms with Crippen molar-refractivity contribution < 1.29 is 4.84 Å². The van der Waals surface area contributed by atoms with Gasteiger partial charge in [0.15, 0.2) is 0 Å². The number of benzene rings is 1. The molecule has 2 nitrogen and oxygen atoms in total. The lowest BCUT2D eigenvalue weighted by molar-refractivity contribution is 0.132. The Labute approximate surface area is 107 Å². The minimum Gasteiger partial charge on any atom is -0.277 e. The van der Waals surface area contributed by atoms with Crippen LogP contribution >= 0.6 is 0 Å². The van der Waals surface area contributed by atoms with E-state index in [1.165, 1.54) is 5.56 Å². The van der Waals surface area contributed by atoms with Gasteiger partial charge in [-0.1, -0.05) is 37.3 Å². The summed E-state index contributed by atoms with van der Waals surface area (Å²) in [5, 5.41) is 2.11. The van der Waals surface area contributed by atoms with E-state index in [9.17, 15) is 0 Å². The second kappa shape index (κ2) is 4.82. The lowest BCUT2D eigenvalue weighted by atomic mass is 10.2. The summed E-state index contributed by atoms with van der Waals surface area (Å²) in [5.74, 6) is 0. The summed E-state index contributed by atoms with van der Waals surface area (Å²) in [4.78, 5) is 5.64.